The van der Waals surface area contributed by atoms with Crippen molar-refractivity contribution >= 4 is 27.8 Å². The van der Waals surface area contributed by atoms with Crippen LogP contribution in [0.4, 0.5) is 0 Å². The Hall–Kier alpha value is -1.12. The highest BCUT2D eigenvalue weighted by Crippen LogP contribution is 2.10. The van der Waals surface area contributed by atoms with Crippen molar-refractivity contribution in [2.24, 2.45) is 0 Å². The third-order valence-electron chi connectivity index (χ3n) is 2.18. The molecule has 1 aromatic heterocycles. The summed E-state index contributed by atoms with van der Waals surface area (Å²) in [7, 11) is -4.19. The zero-order valence-corrected chi connectivity index (χ0v) is 11.6. The Morgan fingerprint density at radius 3 is 2.56 bits per heavy atom. The van der Waals surface area contributed by atoms with Gasteiger partial charge in [0, 0.05) is 19.3 Å². The van der Waals surface area contributed by atoms with E-state index >= 15 is 0 Å². The molecule has 0 fully saturated rings. The van der Waals surface area contributed by atoms with Crippen LogP contribution in [0.1, 0.15) is 13.8 Å². The van der Waals surface area contributed by atoms with Gasteiger partial charge in [-0.05, 0) is 19.9 Å². The number of carbonyl (C=O) groups excluding carboxylic acids is 1. The number of hydrogen-bond acceptors (Lipinski definition) is 5. The Kier molecular flexibility index (Phi) is 5.12. The Bertz CT molecular complexity index is 484. The minimum atomic E-state index is -4.19. The summed E-state index contributed by atoms with van der Waals surface area (Å²) in [6.07, 6.45) is 2.46. The number of hydrogen-bond donors (Lipinski definition) is 0. The van der Waals surface area contributed by atoms with Gasteiger partial charge in [0.15, 0.2) is 0 Å². The number of carbonyl (C=O) groups is 1. The van der Waals surface area contributed by atoms with Crippen molar-refractivity contribution < 1.29 is 17.4 Å². The third kappa shape index (κ3) is 3.44. The van der Waals surface area contributed by atoms with E-state index in [4.69, 9.17) is 11.6 Å². The zero-order valence-electron chi connectivity index (χ0n) is 9.98. The van der Waals surface area contributed by atoms with Crippen LogP contribution in [0, 0.1) is 0 Å². The summed E-state index contributed by atoms with van der Waals surface area (Å²) in [5.41, 5.74) is -1.60. The van der Waals surface area contributed by atoms with E-state index in [-0.39, 0.29) is 0 Å². The normalized spacial score (nSPS) is 13.3. The lowest BCUT2D eigenvalue weighted by Crippen LogP contribution is -2.39. The second kappa shape index (κ2) is 6.17. The van der Waals surface area contributed by atoms with E-state index in [1.54, 1.807) is 13.8 Å². The van der Waals surface area contributed by atoms with Gasteiger partial charge in [-0.3, -0.25) is 4.79 Å². The van der Waals surface area contributed by atoms with Crippen molar-refractivity contribution in [1.29, 1.82) is 0 Å². The highest BCUT2D eigenvalue weighted by atomic mass is 35.5. The fourth-order valence-corrected chi connectivity index (χ4v) is 2.44. The average molecular weight is 296 g/mol. The first-order valence-electron chi connectivity index (χ1n) is 5.28. The molecular weight excluding hydrogens is 282 g/mol. The molecule has 102 valence electrons. The number of alkyl halides is 1. The molecule has 1 aromatic rings. The molecule has 0 aliphatic heterocycles. The summed E-state index contributed by atoms with van der Waals surface area (Å²) in [5.74, 6) is -0.600. The largest absolute Gasteiger partial charge is 0.383 e. The molecule has 0 saturated heterocycles. The van der Waals surface area contributed by atoms with E-state index in [1.165, 1.54) is 23.4 Å². The predicted octanol–water partition coefficient (Wildman–Crippen LogP) is 0.426. The first-order valence-corrected chi connectivity index (χ1v) is 7.08. The number of halogens is 1. The molecule has 9 heteroatoms. The van der Waals surface area contributed by atoms with Crippen LogP contribution < -0.4 is 0 Å². The molecule has 0 radical (unpaired) electrons. The van der Waals surface area contributed by atoms with Crippen molar-refractivity contribution in [1.82, 2.24) is 14.1 Å². The molecule has 0 saturated carbocycles. The van der Waals surface area contributed by atoms with Gasteiger partial charge >= 0.3 is 10.3 Å². The van der Waals surface area contributed by atoms with Crippen molar-refractivity contribution in [3.8, 4) is 0 Å². The summed E-state index contributed by atoms with van der Waals surface area (Å²) >= 11 is 5.65. The van der Waals surface area contributed by atoms with Gasteiger partial charge in [-0.25, -0.2) is 4.18 Å². The van der Waals surface area contributed by atoms with Crippen LogP contribution in [0.3, 0.4) is 0 Å². The minimum absolute atomic E-state index is 0.420. The summed E-state index contributed by atoms with van der Waals surface area (Å²) in [4.78, 5) is 13.1. The van der Waals surface area contributed by atoms with E-state index in [0.717, 1.165) is 0 Å². The number of aromatic nitrogens is 2. The van der Waals surface area contributed by atoms with E-state index in [0.29, 0.717) is 17.2 Å². The fourth-order valence-electron chi connectivity index (χ4n) is 1.26. The molecule has 1 atom stereocenters. The van der Waals surface area contributed by atoms with Crippen LogP contribution in [-0.2, 0) is 19.3 Å². The van der Waals surface area contributed by atoms with E-state index in [1.807, 2.05) is 0 Å². The average Bonchev–Trinajstić information content (AvgIpc) is 2.84. The van der Waals surface area contributed by atoms with Crippen LogP contribution in [0.15, 0.2) is 18.5 Å². The Balaban J connectivity index is 2.76. The second-order valence-corrected chi connectivity index (χ2v) is 5.08. The van der Waals surface area contributed by atoms with Crippen molar-refractivity contribution in [2.45, 2.75) is 19.4 Å². The lowest BCUT2D eigenvalue weighted by molar-refractivity contribution is -0.134. The van der Waals surface area contributed by atoms with E-state index < -0.39 is 21.8 Å². The van der Waals surface area contributed by atoms with Crippen LogP contribution in [0.25, 0.3) is 0 Å². The quantitative estimate of drug-likeness (QED) is 0.711. The maximum Gasteiger partial charge on any atom is 0.383 e. The molecule has 0 N–H and O–H groups in total. The maximum atomic E-state index is 11.7. The SMILES string of the molecule is CCN(CC)C(=O)C(Cl)OS(=O)(=O)n1cccn1. The monoisotopic (exact) mass is 295 g/mol. The van der Waals surface area contributed by atoms with Crippen molar-refractivity contribution in [3.63, 3.8) is 0 Å². The first kappa shape index (κ1) is 14.9. The molecule has 1 rings (SSSR count). The van der Waals surface area contributed by atoms with Gasteiger partial charge in [0.25, 0.3) is 5.91 Å². The number of nitrogens with zero attached hydrogens (tertiary/aromatic N) is 3. The number of rotatable bonds is 6. The molecule has 0 aliphatic carbocycles. The summed E-state index contributed by atoms with van der Waals surface area (Å²) in [5, 5.41) is 3.51. The van der Waals surface area contributed by atoms with E-state index in [9.17, 15) is 13.2 Å². The minimum Gasteiger partial charge on any atom is -0.340 e. The molecule has 18 heavy (non-hydrogen) atoms. The van der Waals surface area contributed by atoms with Crippen molar-refractivity contribution in [3.05, 3.63) is 18.5 Å². The third-order valence-corrected chi connectivity index (χ3v) is 3.68. The van der Waals surface area contributed by atoms with Crippen LogP contribution in [0.2, 0.25) is 0 Å². The molecule has 0 bridgehead atoms. The van der Waals surface area contributed by atoms with Gasteiger partial charge in [0.2, 0.25) is 5.56 Å². The van der Waals surface area contributed by atoms with Gasteiger partial charge in [0.1, 0.15) is 0 Å². The lowest BCUT2D eigenvalue weighted by atomic mass is 10.5. The topological polar surface area (TPSA) is 81.5 Å². The van der Waals surface area contributed by atoms with Gasteiger partial charge in [0.05, 0.1) is 6.20 Å². The Morgan fingerprint density at radius 2 is 2.11 bits per heavy atom. The predicted molar refractivity (Wildman–Crippen MR) is 65.2 cm³/mol. The molecule has 0 aliphatic rings. The van der Waals surface area contributed by atoms with Gasteiger partial charge in [-0.1, -0.05) is 11.6 Å². The molecule has 1 heterocycles. The summed E-state index contributed by atoms with van der Waals surface area (Å²) < 4.78 is 28.4. The maximum absolute atomic E-state index is 11.7. The molecule has 1 unspecified atom stereocenters. The summed E-state index contributed by atoms with van der Waals surface area (Å²) in [6, 6.07) is 1.41. The van der Waals surface area contributed by atoms with Gasteiger partial charge in [-0.2, -0.15) is 13.5 Å². The van der Waals surface area contributed by atoms with E-state index in [2.05, 4.69) is 9.28 Å². The van der Waals surface area contributed by atoms with Crippen molar-refractivity contribution in [2.75, 3.05) is 13.1 Å². The highest BCUT2D eigenvalue weighted by Gasteiger charge is 2.28. The van der Waals surface area contributed by atoms with Gasteiger partial charge in [-0.15, -0.1) is 4.09 Å². The fraction of sp³-hybridized carbons (Fsp3) is 0.556. The van der Waals surface area contributed by atoms with Gasteiger partial charge < -0.3 is 4.90 Å². The van der Waals surface area contributed by atoms with Crippen LogP contribution in [-0.4, -0.2) is 47.1 Å². The highest BCUT2D eigenvalue weighted by molar-refractivity contribution is 7.85. The first-order chi connectivity index (χ1) is 8.42. The summed E-state index contributed by atoms with van der Waals surface area (Å²) in [6.45, 7) is 4.35. The van der Waals surface area contributed by atoms with Crippen LogP contribution in [0.5, 0.6) is 0 Å². The molecule has 0 spiro atoms. The number of amides is 1. The Morgan fingerprint density at radius 1 is 1.50 bits per heavy atom. The smallest absolute Gasteiger partial charge is 0.340 e. The molecule has 1 amide bonds. The number of likely N-dealkylation sites (N-methyl/N-ethyl adjacent to an activating group) is 1. The Labute approximate surface area is 111 Å². The lowest BCUT2D eigenvalue weighted by Gasteiger charge is -2.21. The standard InChI is InChI=1S/C9H14ClN3O4S/c1-3-12(4-2)9(14)8(10)17-18(15,16)13-7-5-6-11-13/h5-8H,3-4H2,1-2H3. The molecule has 0 aromatic carbocycles. The zero-order chi connectivity index (χ0) is 13.8. The second-order valence-electron chi connectivity index (χ2n) is 3.26. The van der Waals surface area contributed by atoms with Crippen LogP contribution >= 0.6 is 11.6 Å². The molecular formula is C9H14ClN3O4S. The molecule has 7 nitrogen and oxygen atoms in total.